The van der Waals surface area contributed by atoms with E-state index in [-0.39, 0.29) is 0 Å². The number of aryl methyl sites for hydroxylation is 1. The molecular formula is C15H15BrClNO. The van der Waals surface area contributed by atoms with Gasteiger partial charge in [-0.25, -0.2) is 0 Å². The van der Waals surface area contributed by atoms with Crippen LogP contribution in [0.4, 0.5) is 0 Å². The normalized spacial score (nSPS) is 10.5. The van der Waals surface area contributed by atoms with Crippen LogP contribution >= 0.6 is 27.5 Å². The minimum Gasteiger partial charge on any atom is -0.457 e. The minimum absolute atomic E-state index is 0.541. The first-order valence-corrected chi connectivity index (χ1v) is 7.20. The van der Waals surface area contributed by atoms with E-state index in [1.807, 2.05) is 43.3 Å². The molecule has 100 valence electrons. The van der Waals surface area contributed by atoms with Gasteiger partial charge in [0.1, 0.15) is 11.5 Å². The Bertz CT molecular complexity index is 586. The van der Waals surface area contributed by atoms with E-state index in [1.165, 1.54) is 0 Å². The molecule has 2 nitrogen and oxygen atoms in total. The van der Waals surface area contributed by atoms with Crippen molar-refractivity contribution in [1.82, 2.24) is 0 Å². The maximum Gasteiger partial charge on any atom is 0.132 e. The molecular weight excluding hydrogens is 326 g/mol. The van der Waals surface area contributed by atoms with E-state index in [2.05, 4.69) is 15.9 Å². The number of hydrogen-bond acceptors (Lipinski definition) is 2. The summed E-state index contributed by atoms with van der Waals surface area (Å²) in [6.45, 7) is 2.55. The van der Waals surface area contributed by atoms with Crippen molar-refractivity contribution in [2.24, 2.45) is 5.73 Å². The van der Waals surface area contributed by atoms with Crippen molar-refractivity contribution in [2.75, 3.05) is 6.54 Å². The number of benzene rings is 2. The van der Waals surface area contributed by atoms with Crippen LogP contribution in [0.15, 0.2) is 40.9 Å². The summed E-state index contributed by atoms with van der Waals surface area (Å²) in [6, 6.07) is 11.6. The van der Waals surface area contributed by atoms with E-state index in [0.717, 1.165) is 27.1 Å². The van der Waals surface area contributed by atoms with Gasteiger partial charge in [0.25, 0.3) is 0 Å². The second-order valence-electron chi connectivity index (χ2n) is 4.27. The quantitative estimate of drug-likeness (QED) is 0.875. The Balaban J connectivity index is 2.35. The summed E-state index contributed by atoms with van der Waals surface area (Å²) in [5.41, 5.74) is 7.64. The predicted octanol–water partition coefficient (Wildman–Crippen LogP) is 4.70. The van der Waals surface area contributed by atoms with Crippen LogP contribution in [0.1, 0.15) is 11.1 Å². The van der Waals surface area contributed by atoms with E-state index < -0.39 is 0 Å². The van der Waals surface area contributed by atoms with Gasteiger partial charge in [-0.2, -0.15) is 0 Å². The third kappa shape index (κ3) is 3.50. The van der Waals surface area contributed by atoms with Crippen molar-refractivity contribution >= 4 is 27.5 Å². The maximum atomic E-state index is 6.20. The summed E-state index contributed by atoms with van der Waals surface area (Å²) in [7, 11) is 0. The zero-order valence-electron chi connectivity index (χ0n) is 10.6. The highest BCUT2D eigenvalue weighted by molar-refractivity contribution is 9.10. The molecule has 0 atom stereocenters. The number of nitrogens with two attached hydrogens (primary N) is 1. The van der Waals surface area contributed by atoms with Crippen LogP contribution in [0.25, 0.3) is 0 Å². The van der Waals surface area contributed by atoms with Gasteiger partial charge in [0.05, 0.1) is 0 Å². The lowest BCUT2D eigenvalue weighted by molar-refractivity contribution is 0.472. The third-order valence-corrected chi connectivity index (χ3v) is 3.67. The molecule has 2 aromatic rings. The van der Waals surface area contributed by atoms with Crippen LogP contribution < -0.4 is 10.5 Å². The van der Waals surface area contributed by atoms with Crippen LogP contribution in [-0.2, 0) is 6.42 Å². The average molecular weight is 341 g/mol. The molecule has 0 aliphatic carbocycles. The molecule has 0 amide bonds. The molecule has 0 saturated carbocycles. The highest BCUT2D eigenvalue weighted by Gasteiger charge is 2.09. The van der Waals surface area contributed by atoms with Crippen LogP contribution in [0, 0.1) is 6.92 Å². The maximum absolute atomic E-state index is 6.20. The van der Waals surface area contributed by atoms with Crippen molar-refractivity contribution in [1.29, 1.82) is 0 Å². The fourth-order valence-electron chi connectivity index (χ4n) is 1.87. The topological polar surface area (TPSA) is 35.2 Å². The summed E-state index contributed by atoms with van der Waals surface area (Å²) in [5, 5.41) is 0.692. The second kappa shape index (κ2) is 6.42. The molecule has 0 spiro atoms. The molecule has 0 heterocycles. The van der Waals surface area contributed by atoms with Crippen molar-refractivity contribution in [3.63, 3.8) is 0 Å². The Morgan fingerprint density at radius 1 is 1.21 bits per heavy atom. The van der Waals surface area contributed by atoms with Crippen LogP contribution in [0.5, 0.6) is 11.5 Å². The monoisotopic (exact) mass is 339 g/mol. The lowest BCUT2D eigenvalue weighted by Crippen LogP contribution is -2.04. The Morgan fingerprint density at radius 3 is 2.68 bits per heavy atom. The van der Waals surface area contributed by atoms with E-state index in [4.69, 9.17) is 22.1 Å². The Labute approximate surface area is 126 Å². The molecule has 0 aliphatic rings. The van der Waals surface area contributed by atoms with E-state index in [9.17, 15) is 0 Å². The molecule has 0 aromatic heterocycles. The smallest absolute Gasteiger partial charge is 0.132 e. The first-order chi connectivity index (χ1) is 9.11. The SMILES string of the molecule is Cc1cc(Br)ccc1Oc1cccc(Cl)c1CCN. The van der Waals surface area contributed by atoms with Gasteiger partial charge in [-0.3, -0.25) is 0 Å². The van der Waals surface area contributed by atoms with Gasteiger partial charge in [-0.15, -0.1) is 0 Å². The van der Waals surface area contributed by atoms with Crippen LogP contribution in [0.3, 0.4) is 0 Å². The van der Waals surface area contributed by atoms with Crippen LogP contribution in [-0.4, -0.2) is 6.54 Å². The first-order valence-electron chi connectivity index (χ1n) is 6.03. The summed E-state index contributed by atoms with van der Waals surface area (Å²) in [6.07, 6.45) is 0.699. The minimum atomic E-state index is 0.541. The van der Waals surface area contributed by atoms with Gasteiger partial charge >= 0.3 is 0 Å². The van der Waals surface area contributed by atoms with Gasteiger partial charge in [-0.05, 0) is 55.8 Å². The first kappa shape index (κ1) is 14.4. The van der Waals surface area contributed by atoms with E-state index in [0.29, 0.717) is 18.0 Å². The van der Waals surface area contributed by atoms with Gasteiger partial charge in [0.2, 0.25) is 0 Å². The number of hydrogen-bond donors (Lipinski definition) is 1. The van der Waals surface area contributed by atoms with Crippen molar-refractivity contribution < 1.29 is 4.74 Å². The summed E-state index contributed by atoms with van der Waals surface area (Å²) < 4.78 is 7.00. The molecule has 4 heteroatoms. The molecule has 0 aliphatic heterocycles. The molecule has 0 unspecified atom stereocenters. The summed E-state index contributed by atoms with van der Waals surface area (Å²) >= 11 is 9.64. The third-order valence-electron chi connectivity index (χ3n) is 2.83. The summed E-state index contributed by atoms with van der Waals surface area (Å²) in [5.74, 6) is 1.59. The second-order valence-corrected chi connectivity index (χ2v) is 5.59. The van der Waals surface area contributed by atoms with Crippen molar-refractivity contribution in [3.8, 4) is 11.5 Å². The lowest BCUT2D eigenvalue weighted by Gasteiger charge is -2.14. The van der Waals surface area contributed by atoms with E-state index in [1.54, 1.807) is 0 Å². The molecule has 2 aromatic carbocycles. The number of rotatable bonds is 4. The fraction of sp³-hybridized carbons (Fsp3) is 0.200. The van der Waals surface area contributed by atoms with Crippen LogP contribution in [0.2, 0.25) is 5.02 Å². The van der Waals surface area contributed by atoms with E-state index >= 15 is 0 Å². The van der Waals surface area contributed by atoms with Crippen molar-refractivity contribution in [2.45, 2.75) is 13.3 Å². The molecule has 2 rings (SSSR count). The molecule has 0 saturated heterocycles. The summed E-state index contributed by atoms with van der Waals surface area (Å²) in [4.78, 5) is 0. The molecule has 19 heavy (non-hydrogen) atoms. The Hall–Kier alpha value is -1.03. The predicted molar refractivity (Wildman–Crippen MR) is 83.2 cm³/mol. The zero-order valence-corrected chi connectivity index (χ0v) is 13.0. The van der Waals surface area contributed by atoms with Gasteiger partial charge in [-0.1, -0.05) is 33.6 Å². The lowest BCUT2D eigenvalue weighted by atomic mass is 10.1. The fourth-order valence-corrected chi connectivity index (χ4v) is 2.60. The van der Waals surface area contributed by atoms with Gasteiger partial charge in [0.15, 0.2) is 0 Å². The Kier molecular flexibility index (Phi) is 4.86. The number of halogens is 2. The molecule has 0 fully saturated rings. The van der Waals surface area contributed by atoms with Crippen molar-refractivity contribution in [3.05, 3.63) is 57.0 Å². The average Bonchev–Trinajstić information content (AvgIpc) is 2.37. The highest BCUT2D eigenvalue weighted by Crippen LogP contribution is 2.33. The zero-order chi connectivity index (χ0) is 13.8. The Morgan fingerprint density at radius 2 is 2.00 bits per heavy atom. The highest BCUT2D eigenvalue weighted by atomic mass is 79.9. The molecule has 0 bridgehead atoms. The largest absolute Gasteiger partial charge is 0.457 e. The molecule has 0 radical (unpaired) electrons. The van der Waals surface area contributed by atoms with Gasteiger partial charge < -0.3 is 10.5 Å². The van der Waals surface area contributed by atoms with Gasteiger partial charge in [0, 0.05) is 15.1 Å². The molecule has 2 N–H and O–H groups in total. The standard InChI is InChI=1S/C15H15BrClNO/c1-10-9-11(16)5-6-14(10)19-15-4-2-3-13(17)12(15)7-8-18/h2-6,9H,7-8,18H2,1H3. The number of ether oxygens (including phenoxy) is 1.